The van der Waals surface area contributed by atoms with Gasteiger partial charge in [0.1, 0.15) is 0 Å². The molecule has 0 bridgehead atoms. The minimum atomic E-state index is -0.795. The smallest absolute Gasteiger partial charge is 0.310 e. The van der Waals surface area contributed by atoms with Crippen molar-refractivity contribution in [1.29, 1.82) is 0 Å². The molecule has 1 fully saturated rings. The van der Waals surface area contributed by atoms with Gasteiger partial charge in [-0.2, -0.15) is 0 Å². The maximum Gasteiger partial charge on any atom is 0.310 e. The third kappa shape index (κ3) is 3.13. The van der Waals surface area contributed by atoms with E-state index >= 15 is 0 Å². The van der Waals surface area contributed by atoms with Crippen molar-refractivity contribution in [2.45, 2.75) is 32.1 Å². The Labute approximate surface area is 107 Å². The van der Waals surface area contributed by atoms with Crippen molar-refractivity contribution in [2.75, 3.05) is 6.61 Å². The first-order chi connectivity index (χ1) is 8.66. The number of aliphatic carboxylic acids is 1. The summed E-state index contributed by atoms with van der Waals surface area (Å²) in [7, 11) is 0. The number of rotatable bonds is 3. The first kappa shape index (κ1) is 12.7. The van der Waals surface area contributed by atoms with E-state index in [0.717, 1.165) is 36.3 Å². The quantitative estimate of drug-likeness (QED) is 0.889. The number of hydrogen-bond acceptors (Lipinski definition) is 2. The molecular formula is C15H18O3. The van der Waals surface area contributed by atoms with Crippen molar-refractivity contribution in [3.63, 3.8) is 0 Å². The Balaban J connectivity index is 2.09. The van der Waals surface area contributed by atoms with Crippen molar-refractivity contribution < 1.29 is 14.6 Å². The topological polar surface area (TPSA) is 46.5 Å². The van der Waals surface area contributed by atoms with Crippen LogP contribution in [0, 0.1) is 0 Å². The molecule has 1 aromatic carbocycles. The molecule has 2 rings (SSSR count). The highest BCUT2D eigenvalue weighted by atomic mass is 16.5. The van der Waals surface area contributed by atoms with Crippen LogP contribution in [0.5, 0.6) is 0 Å². The van der Waals surface area contributed by atoms with E-state index < -0.39 is 11.9 Å². The van der Waals surface area contributed by atoms with Crippen LogP contribution in [0.15, 0.2) is 30.0 Å². The Kier molecular flexibility index (Phi) is 4.03. The molecule has 18 heavy (non-hydrogen) atoms. The molecule has 1 atom stereocenters. The number of allylic oxidation sites excluding steroid dienone is 1. The van der Waals surface area contributed by atoms with E-state index in [4.69, 9.17) is 9.84 Å². The van der Waals surface area contributed by atoms with Gasteiger partial charge in [0, 0.05) is 6.42 Å². The monoisotopic (exact) mass is 246 g/mol. The summed E-state index contributed by atoms with van der Waals surface area (Å²) in [4.78, 5) is 10.9. The predicted molar refractivity (Wildman–Crippen MR) is 70.3 cm³/mol. The number of ether oxygens (including phenoxy) is 1. The summed E-state index contributed by atoms with van der Waals surface area (Å²) in [5.74, 6) is -0.227. The average Bonchev–Trinajstić information content (AvgIpc) is 2.40. The second-order valence-electron chi connectivity index (χ2n) is 4.64. The van der Waals surface area contributed by atoms with Crippen LogP contribution in [0.1, 0.15) is 43.2 Å². The second kappa shape index (κ2) is 5.71. The molecule has 0 radical (unpaired) electrons. The first-order valence-corrected chi connectivity index (χ1v) is 6.33. The van der Waals surface area contributed by atoms with Crippen LogP contribution >= 0.6 is 0 Å². The summed E-state index contributed by atoms with van der Waals surface area (Å²) in [5.41, 5.74) is 1.89. The molecule has 0 spiro atoms. The lowest BCUT2D eigenvalue weighted by atomic mass is 9.99. The molecule has 1 aliphatic heterocycles. The molecule has 96 valence electrons. The molecule has 0 aliphatic carbocycles. The van der Waals surface area contributed by atoms with Gasteiger partial charge < -0.3 is 9.84 Å². The zero-order valence-corrected chi connectivity index (χ0v) is 10.6. The van der Waals surface area contributed by atoms with E-state index in [1.54, 1.807) is 6.92 Å². The highest BCUT2D eigenvalue weighted by Gasteiger charge is 2.13. The SMILES string of the molecule is CC(C(=O)O)c1ccc(C=C2CCCCO2)cc1. The van der Waals surface area contributed by atoms with Crippen LogP contribution < -0.4 is 0 Å². The van der Waals surface area contributed by atoms with Gasteiger partial charge in [0.25, 0.3) is 0 Å². The van der Waals surface area contributed by atoms with Crippen LogP contribution in [0.3, 0.4) is 0 Å². The van der Waals surface area contributed by atoms with Crippen molar-refractivity contribution in [2.24, 2.45) is 0 Å². The van der Waals surface area contributed by atoms with Crippen LogP contribution in [-0.4, -0.2) is 17.7 Å². The van der Waals surface area contributed by atoms with E-state index in [1.165, 1.54) is 6.42 Å². The van der Waals surface area contributed by atoms with Crippen molar-refractivity contribution in [1.82, 2.24) is 0 Å². The highest BCUT2D eigenvalue weighted by Crippen LogP contribution is 2.21. The fraction of sp³-hybridized carbons (Fsp3) is 0.400. The fourth-order valence-electron chi connectivity index (χ4n) is 2.00. The zero-order valence-electron chi connectivity index (χ0n) is 10.6. The lowest BCUT2D eigenvalue weighted by molar-refractivity contribution is -0.138. The summed E-state index contributed by atoms with van der Waals surface area (Å²) in [5, 5.41) is 8.93. The van der Waals surface area contributed by atoms with Gasteiger partial charge in [0.2, 0.25) is 0 Å². The number of carbonyl (C=O) groups is 1. The standard InChI is InChI=1S/C15H18O3/c1-11(15(16)17)13-7-5-12(6-8-13)10-14-4-2-3-9-18-14/h5-8,10-11H,2-4,9H2,1H3,(H,16,17). The van der Waals surface area contributed by atoms with Gasteiger partial charge >= 0.3 is 5.97 Å². The number of benzene rings is 1. The second-order valence-corrected chi connectivity index (χ2v) is 4.64. The van der Waals surface area contributed by atoms with Gasteiger partial charge in [0.15, 0.2) is 0 Å². The third-order valence-electron chi connectivity index (χ3n) is 3.24. The number of hydrogen-bond donors (Lipinski definition) is 1. The molecule has 3 nitrogen and oxygen atoms in total. The molecule has 1 saturated heterocycles. The maximum atomic E-state index is 10.9. The van der Waals surface area contributed by atoms with E-state index in [9.17, 15) is 4.79 Å². The first-order valence-electron chi connectivity index (χ1n) is 6.33. The molecule has 0 amide bonds. The molecule has 0 aromatic heterocycles. The summed E-state index contributed by atoms with van der Waals surface area (Å²) in [6.07, 6.45) is 5.34. The summed E-state index contributed by atoms with van der Waals surface area (Å²) in [6, 6.07) is 7.63. The maximum absolute atomic E-state index is 10.9. The predicted octanol–water partition coefficient (Wildman–Crippen LogP) is 3.42. The van der Waals surface area contributed by atoms with Gasteiger partial charge in [0.05, 0.1) is 18.3 Å². The number of carboxylic acids is 1. The fourth-order valence-corrected chi connectivity index (χ4v) is 2.00. The molecule has 1 aromatic rings. The van der Waals surface area contributed by atoms with Crippen LogP contribution in [-0.2, 0) is 9.53 Å². The van der Waals surface area contributed by atoms with E-state index in [0.29, 0.717) is 0 Å². The third-order valence-corrected chi connectivity index (χ3v) is 3.24. The largest absolute Gasteiger partial charge is 0.498 e. The van der Waals surface area contributed by atoms with Gasteiger partial charge in [-0.15, -0.1) is 0 Å². The Morgan fingerprint density at radius 2 is 2.06 bits per heavy atom. The summed E-state index contributed by atoms with van der Waals surface area (Å²) >= 11 is 0. The molecule has 1 heterocycles. The van der Waals surface area contributed by atoms with Crippen molar-refractivity contribution in [3.05, 3.63) is 41.2 Å². The minimum Gasteiger partial charge on any atom is -0.498 e. The average molecular weight is 246 g/mol. The Bertz CT molecular complexity index is 437. The van der Waals surface area contributed by atoms with Crippen molar-refractivity contribution >= 4 is 12.0 Å². The Hall–Kier alpha value is -1.77. The molecule has 1 aliphatic rings. The highest BCUT2D eigenvalue weighted by molar-refractivity contribution is 5.75. The van der Waals surface area contributed by atoms with Gasteiger partial charge in [-0.05, 0) is 37.0 Å². The molecule has 1 N–H and O–H groups in total. The van der Waals surface area contributed by atoms with Gasteiger partial charge in [-0.3, -0.25) is 4.79 Å². The molecular weight excluding hydrogens is 228 g/mol. The summed E-state index contributed by atoms with van der Waals surface area (Å²) < 4.78 is 5.56. The minimum absolute atomic E-state index is 0.461. The van der Waals surface area contributed by atoms with Crippen LogP contribution in [0.25, 0.3) is 6.08 Å². The van der Waals surface area contributed by atoms with Crippen LogP contribution in [0.4, 0.5) is 0 Å². The molecule has 1 unspecified atom stereocenters. The Morgan fingerprint density at radius 3 is 2.61 bits per heavy atom. The lowest BCUT2D eigenvalue weighted by Gasteiger charge is -2.15. The van der Waals surface area contributed by atoms with Gasteiger partial charge in [-0.1, -0.05) is 24.3 Å². The van der Waals surface area contributed by atoms with Crippen LogP contribution in [0.2, 0.25) is 0 Å². The molecule has 0 saturated carbocycles. The van der Waals surface area contributed by atoms with E-state index in [2.05, 4.69) is 0 Å². The van der Waals surface area contributed by atoms with Gasteiger partial charge in [-0.25, -0.2) is 0 Å². The molecule has 3 heteroatoms. The zero-order chi connectivity index (χ0) is 13.0. The Morgan fingerprint density at radius 1 is 1.33 bits per heavy atom. The summed E-state index contributed by atoms with van der Waals surface area (Å²) in [6.45, 7) is 2.50. The van der Waals surface area contributed by atoms with E-state index in [-0.39, 0.29) is 0 Å². The van der Waals surface area contributed by atoms with Crippen molar-refractivity contribution in [3.8, 4) is 0 Å². The normalized spacial score (nSPS) is 19.3. The number of carboxylic acid groups (broad SMARTS) is 1. The lowest BCUT2D eigenvalue weighted by Crippen LogP contribution is -2.07. The van der Waals surface area contributed by atoms with E-state index in [1.807, 2.05) is 30.3 Å².